The first-order valence-corrected chi connectivity index (χ1v) is 5.22. The summed E-state index contributed by atoms with van der Waals surface area (Å²) in [5.41, 5.74) is -0.527. The van der Waals surface area contributed by atoms with Crippen LogP contribution in [0.4, 0.5) is 4.79 Å². The average Bonchev–Trinajstić information content (AvgIpc) is 2.03. The van der Waals surface area contributed by atoms with Crippen LogP contribution < -0.4 is 5.32 Å². The molecule has 0 aromatic rings. The third-order valence-corrected chi connectivity index (χ3v) is 1.34. The van der Waals surface area contributed by atoms with Crippen molar-refractivity contribution in [1.82, 2.24) is 5.32 Å². The van der Waals surface area contributed by atoms with Crippen molar-refractivity contribution < 1.29 is 14.3 Å². The van der Waals surface area contributed by atoms with Gasteiger partial charge in [0.1, 0.15) is 5.60 Å². The molecule has 0 bridgehead atoms. The Morgan fingerprint density at radius 1 is 1.20 bits per heavy atom. The zero-order valence-electron chi connectivity index (χ0n) is 10.8. The summed E-state index contributed by atoms with van der Waals surface area (Å²) in [7, 11) is 0. The fourth-order valence-corrected chi connectivity index (χ4v) is 0.586. The number of Topliss-reactive ketones (excluding diaryl/α,β-unsaturated/α-hetero) is 1. The lowest BCUT2D eigenvalue weighted by molar-refractivity contribution is -0.118. The summed E-state index contributed by atoms with van der Waals surface area (Å²) in [4.78, 5) is 21.9. The molecule has 0 saturated carbocycles. The fourth-order valence-electron chi connectivity index (χ4n) is 0.586. The monoisotopic (exact) mass is 217 g/mol. The number of hydrogen-bond acceptors (Lipinski definition) is 3. The molecule has 0 aromatic carbocycles. The standard InChI is InChI=1S/C9H17NO3.C2H6/c1-6(7(2)11)10-8(12)13-9(3,4)5;1-2/h6H,1-5H3,(H,10,12);1-2H3. The van der Waals surface area contributed by atoms with Crippen molar-refractivity contribution in [2.75, 3.05) is 0 Å². The van der Waals surface area contributed by atoms with Crippen LogP contribution in [0.15, 0.2) is 0 Å². The van der Waals surface area contributed by atoms with Crippen LogP contribution in [0.2, 0.25) is 0 Å². The fraction of sp³-hybridized carbons (Fsp3) is 0.818. The van der Waals surface area contributed by atoms with Crippen LogP contribution in [0.5, 0.6) is 0 Å². The van der Waals surface area contributed by atoms with Crippen LogP contribution in [0.3, 0.4) is 0 Å². The van der Waals surface area contributed by atoms with Gasteiger partial charge in [-0.15, -0.1) is 0 Å². The van der Waals surface area contributed by atoms with E-state index in [1.165, 1.54) is 6.92 Å². The molecule has 0 fully saturated rings. The maximum atomic E-state index is 11.1. The Labute approximate surface area is 92.4 Å². The summed E-state index contributed by atoms with van der Waals surface area (Å²) >= 11 is 0. The molecule has 0 aliphatic carbocycles. The topological polar surface area (TPSA) is 55.4 Å². The molecule has 90 valence electrons. The summed E-state index contributed by atoms with van der Waals surface area (Å²) in [6, 6.07) is -0.491. The number of carbonyl (C=O) groups is 2. The first kappa shape index (κ1) is 16.4. The Morgan fingerprint density at radius 2 is 1.60 bits per heavy atom. The van der Waals surface area contributed by atoms with E-state index in [9.17, 15) is 9.59 Å². The Kier molecular flexibility index (Phi) is 7.92. The van der Waals surface area contributed by atoms with Gasteiger partial charge in [0, 0.05) is 0 Å². The number of nitrogens with one attached hydrogen (secondary N) is 1. The number of carbonyl (C=O) groups excluding carboxylic acids is 2. The number of rotatable bonds is 2. The second kappa shape index (κ2) is 7.26. The van der Waals surface area contributed by atoms with Gasteiger partial charge in [-0.1, -0.05) is 13.8 Å². The molecule has 15 heavy (non-hydrogen) atoms. The molecule has 0 heterocycles. The molecule has 0 saturated heterocycles. The Balaban J connectivity index is 0. The average molecular weight is 217 g/mol. The molecule has 0 spiro atoms. The molecule has 0 aliphatic rings. The highest BCUT2D eigenvalue weighted by Crippen LogP contribution is 2.06. The van der Waals surface area contributed by atoms with Gasteiger partial charge in [0.25, 0.3) is 0 Å². The normalized spacial score (nSPS) is 11.9. The minimum absolute atomic E-state index is 0.0918. The minimum atomic E-state index is -0.560. The zero-order valence-corrected chi connectivity index (χ0v) is 10.8. The van der Waals surface area contributed by atoms with E-state index >= 15 is 0 Å². The molecule has 0 aromatic heterocycles. The summed E-state index contributed by atoms with van der Waals surface area (Å²) in [6.07, 6.45) is -0.560. The SMILES string of the molecule is CC.CC(=O)C(C)NC(=O)OC(C)(C)C. The third-order valence-electron chi connectivity index (χ3n) is 1.34. The van der Waals surface area contributed by atoms with Crippen LogP contribution in [-0.4, -0.2) is 23.5 Å². The molecular weight excluding hydrogens is 194 g/mol. The predicted octanol–water partition coefficient (Wildman–Crippen LogP) is 2.51. The van der Waals surface area contributed by atoms with Gasteiger partial charge in [-0.2, -0.15) is 0 Å². The van der Waals surface area contributed by atoms with E-state index in [1.807, 2.05) is 13.8 Å². The van der Waals surface area contributed by atoms with Gasteiger partial charge >= 0.3 is 6.09 Å². The highest BCUT2D eigenvalue weighted by molar-refractivity contribution is 5.84. The molecule has 1 amide bonds. The first-order chi connectivity index (χ1) is 6.72. The van der Waals surface area contributed by atoms with E-state index in [1.54, 1.807) is 27.7 Å². The van der Waals surface area contributed by atoms with Gasteiger partial charge in [-0.05, 0) is 34.6 Å². The van der Waals surface area contributed by atoms with Gasteiger partial charge in [-0.3, -0.25) is 4.79 Å². The number of ether oxygens (including phenoxy) is 1. The second-order valence-corrected chi connectivity index (χ2v) is 3.98. The van der Waals surface area contributed by atoms with E-state index in [-0.39, 0.29) is 5.78 Å². The predicted molar refractivity (Wildman–Crippen MR) is 60.9 cm³/mol. The van der Waals surface area contributed by atoms with Gasteiger partial charge in [-0.25, -0.2) is 4.79 Å². The number of hydrogen-bond donors (Lipinski definition) is 1. The van der Waals surface area contributed by atoms with Gasteiger partial charge in [0.05, 0.1) is 6.04 Å². The van der Waals surface area contributed by atoms with Crippen LogP contribution >= 0.6 is 0 Å². The quantitative estimate of drug-likeness (QED) is 0.773. The lowest BCUT2D eigenvalue weighted by atomic mass is 10.2. The van der Waals surface area contributed by atoms with Crippen molar-refractivity contribution in [2.45, 2.75) is 60.1 Å². The van der Waals surface area contributed by atoms with Crippen molar-refractivity contribution in [3.8, 4) is 0 Å². The van der Waals surface area contributed by atoms with Crippen LogP contribution in [-0.2, 0) is 9.53 Å². The second-order valence-electron chi connectivity index (χ2n) is 3.98. The molecular formula is C11H23NO3. The van der Waals surface area contributed by atoms with Crippen molar-refractivity contribution in [1.29, 1.82) is 0 Å². The molecule has 4 nitrogen and oxygen atoms in total. The maximum absolute atomic E-state index is 11.1. The number of alkyl carbamates (subject to hydrolysis) is 1. The number of ketones is 1. The smallest absolute Gasteiger partial charge is 0.408 e. The van der Waals surface area contributed by atoms with E-state index in [0.717, 1.165) is 0 Å². The molecule has 0 aliphatic heterocycles. The highest BCUT2D eigenvalue weighted by Gasteiger charge is 2.18. The first-order valence-electron chi connectivity index (χ1n) is 5.22. The summed E-state index contributed by atoms with van der Waals surface area (Å²) in [5, 5.41) is 2.43. The van der Waals surface area contributed by atoms with Crippen molar-refractivity contribution in [3.05, 3.63) is 0 Å². The number of amides is 1. The van der Waals surface area contributed by atoms with E-state index in [0.29, 0.717) is 0 Å². The highest BCUT2D eigenvalue weighted by atomic mass is 16.6. The third kappa shape index (κ3) is 10.9. The maximum Gasteiger partial charge on any atom is 0.408 e. The van der Waals surface area contributed by atoms with Crippen LogP contribution in [0, 0.1) is 0 Å². The molecule has 1 atom stereocenters. The van der Waals surface area contributed by atoms with E-state index in [4.69, 9.17) is 4.74 Å². The van der Waals surface area contributed by atoms with Crippen molar-refractivity contribution in [2.24, 2.45) is 0 Å². The summed E-state index contributed by atoms with van der Waals surface area (Å²) < 4.78 is 4.96. The van der Waals surface area contributed by atoms with E-state index in [2.05, 4.69) is 5.32 Å². The van der Waals surface area contributed by atoms with Crippen molar-refractivity contribution >= 4 is 11.9 Å². The molecule has 4 heteroatoms. The molecule has 1 N–H and O–H groups in total. The van der Waals surface area contributed by atoms with Gasteiger partial charge in [0.15, 0.2) is 5.78 Å². The largest absolute Gasteiger partial charge is 0.444 e. The Bertz CT molecular complexity index is 206. The Morgan fingerprint density at radius 3 is 1.87 bits per heavy atom. The van der Waals surface area contributed by atoms with E-state index < -0.39 is 17.7 Å². The van der Waals surface area contributed by atoms with Crippen molar-refractivity contribution in [3.63, 3.8) is 0 Å². The summed E-state index contributed by atoms with van der Waals surface area (Å²) in [6.45, 7) is 12.3. The minimum Gasteiger partial charge on any atom is -0.444 e. The van der Waals surface area contributed by atoms with Crippen LogP contribution in [0.1, 0.15) is 48.5 Å². The van der Waals surface area contributed by atoms with Crippen LogP contribution in [0.25, 0.3) is 0 Å². The summed E-state index contributed by atoms with van der Waals surface area (Å²) in [5.74, 6) is -0.0918. The lowest BCUT2D eigenvalue weighted by Gasteiger charge is -2.21. The molecule has 0 rings (SSSR count). The zero-order chi connectivity index (χ0) is 12.6. The van der Waals surface area contributed by atoms with Gasteiger partial charge < -0.3 is 10.1 Å². The Hall–Kier alpha value is -1.06. The lowest BCUT2D eigenvalue weighted by Crippen LogP contribution is -2.40. The van der Waals surface area contributed by atoms with Gasteiger partial charge in [0.2, 0.25) is 0 Å². The molecule has 0 radical (unpaired) electrons. The molecule has 1 unspecified atom stereocenters.